The summed E-state index contributed by atoms with van der Waals surface area (Å²) >= 11 is 0. The Hall–Kier alpha value is -1.37. The van der Waals surface area contributed by atoms with Crippen LogP contribution in [0.15, 0.2) is 0 Å². The molecule has 4 nitrogen and oxygen atoms in total. The van der Waals surface area contributed by atoms with Crippen molar-refractivity contribution in [1.82, 2.24) is 15.0 Å². The van der Waals surface area contributed by atoms with Crippen LogP contribution in [0.1, 0.15) is 31.7 Å². The smallest absolute Gasteiger partial charge is 0.185 e. The molecule has 0 N–H and O–H groups in total. The van der Waals surface area contributed by atoms with Gasteiger partial charge in [0.05, 0.1) is 5.69 Å². The molecule has 0 fully saturated rings. The number of hydrogen-bond acceptors (Lipinski definition) is 3. The molecule has 0 atom stereocenters. The molecular formula is C8H12N4. The van der Waals surface area contributed by atoms with Crippen LogP contribution >= 0.6 is 0 Å². The zero-order valence-corrected chi connectivity index (χ0v) is 7.41. The van der Waals surface area contributed by atoms with E-state index < -0.39 is 0 Å². The van der Waals surface area contributed by atoms with Gasteiger partial charge in [-0.15, -0.1) is 5.10 Å². The highest BCUT2D eigenvalue weighted by atomic mass is 15.4. The van der Waals surface area contributed by atoms with Gasteiger partial charge >= 0.3 is 0 Å². The summed E-state index contributed by atoms with van der Waals surface area (Å²) in [6.07, 6.45) is 1.83. The monoisotopic (exact) mass is 164 g/mol. The van der Waals surface area contributed by atoms with Crippen LogP contribution in [0.3, 0.4) is 0 Å². The second-order valence-corrected chi connectivity index (χ2v) is 2.57. The van der Waals surface area contributed by atoms with E-state index in [2.05, 4.69) is 17.2 Å². The molecule has 1 rings (SSSR count). The Bertz CT molecular complexity index is 294. The molecule has 0 unspecified atom stereocenters. The molecule has 0 bridgehead atoms. The van der Waals surface area contributed by atoms with Gasteiger partial charge in [-0.05, 0) is 12.8 Å². The summed E-state index contributed by atoms with van der Waals surface area (Å²) in [5.74, 6) is 0. The Morgan fingerprint density at radius 2 is 2.25 bits per heavy atom. The lowest BCUT2D eigenvalue weighted by molar-refractivity contribution is 0.558. The Balaban J connectivity index is 2.98. The topological polar surface area (TPSA) is 54.5 Å². The largest absolute Gasteiger partial charge is 0.248 e. The number of rotatable bonds is 3. The molecule has 0 aliphatic carbocycles. The first-order valence-corrected chi connectivity index (χ1v) is 4.15. The molecule has 1 aromatic rings. The highest BCUT2D eigenvalue weighted by molar-refractivity contribution is 5.24. The van der Waals surface area contributed by atoms with Crippen LogP contribution in [0.2, 0.25) is 0 Å². The van der Waals surface area contributed by atoms with E-state index in [1.54, 1.807) is 4.68 Å². The van der Waals surface area contributed by atoms with Crippen molar-refractivity contribution >= 4 is 0 Å². The van der Waals surface area contributed by atoms with Crippen molar-refractivity contribution in [2.45, 2.75) is 33.2 Å². The first-order valence-electron chi connectivity index (χ1n) is 4.15. The fourth-order valence-electron chi connectivity index (χ4n) is 1.16. The van der Waals surface area contributed by atoms with Crippen LogP contribution < -0.4 is 0 Å². The van der Waals surface area contributed by atoms with Crippen molar-refractivity contribution in [3.05, 3.63) is 11.4 Å². The van der Waals surface area contributed by atoms with E-state index >= 15 is 0 Å². The molecule has 64 valence electrons. The minimum Gasteiger partial charge on any atom is -0.248 e. The zero-order valence-electron chi connectivity index (χ0n) is 7.41. The summed E-state index contributed by atoms with van der Waals surface area (Å²) in [4.78, 5) is 0. The molecule has 0 aliphatic rings. The van der Waals surface area contributed by atoms with Crippen LogP contribution in [-0.2, 0) is 13.0 Å². The van der Waals surface area contributed by atoms with Crippen LogP contribution in [0.4, 0.5) is 0 Å². The van der Waals surface area contributed by atoms with Crippen molar-refractivity contribution in [2.24, 2.45) is 0 Å². The van der Waals surface area contributed by atoms with Gasteiger partial charge in [-0.3, -0.25) is 0 Å². The Morgan fingerprint density at radius 3 is 2.75 bits per heavy atom. The van der Waals surface area contributed by atoms with Gasteiger partial charge in [0.25, 0.3) is 0 Å². The Morgan fingerprint density at radius 1 is 1.50 bits per heavy atom. The van der Waals surface area contributed by atoms with Gasteiger partial charge in [-0.1, -0.05) is 19.1 Å². The number of aryl methyl sites for hydroxylation is 1. The predicted molar refractivity (Wildman–Crippen MR) is 44.4 cm³/mol. The van der Waals surface area contributed by atoms with E-state index in [1.165, 1.54) is 0 Å². The van der Waals surface area contributed by atoms with Crippen molar-refractivity contribution in [1.29, 1.82) is 5.26 Å². The molecule has 12 heavy (non-hydrogen) atoms. The van der Waals surface area contributed by atoms with Gasteiger partial charge in [-0.25, -0.2) is 4.68 Å². The second-order valence-electron chi connectivity index (χ2n) is 2.57. The van der Waals surface area contributed by atoms with Crippen LogP contribution in [0.25, 0.3) is 0 Å². The summed E-state index contributed by atoms with van der Waals surface area (Å²) in [5.41, 5.74) is 1.41. The van der Waals surface area contributed by atoms with Crippen molar-refractivity contribution in [2.75, 3.05) is 0 Å². The number of nitrogens with zero attached hydrogens (tertiary/aromatic N) is 4. The second kappa shape index (κ2) is 3.86. The average molecular weight is 164 g/mol. The molecule has 0 aromatic carbocycles. The molecule has 0 spiro atoms. The van der Waals surface area contributed by atoms with Gasteiger partial charge in [0.2, 0.25) is 0 Å². The Labute approximate surface area is 71.8 Å². The maximum absolute atomic E-state index is 8.67. The molecule has 1 heterocycles. The van der Waals surface area contributed by atoms with Crippen LogP contribution in [-0.4, -0.2) is 15.0 Å². The lowest BCUT2D eigenvalue weighted by Gasteiger charge is -2.00. The van der Waals surface area contributed by atoms with Gasteiger partial charge in [0, 0.05) is 6.54 Å². The van der Waals surface area contributed by atoms with E-state index in [9.17, 15) is 0 Å². The van der Waals surface area contributed by atoms with Crippen molar-refractivity contribution in [3.63, 3.8) is 0 Å². The van der Waals surface area contributed by atoms with Crippen LogP contribution in [0, 0.1) is 11.3 Å². The third-order valence-electron chi connectivity index (χ3n) is 1.71. The SMILES string of the molecule is CCCn1nnc(C#N)c1CC. The summed E-state index contributed by atoms with van der Waals surface area (Å²) in [6.45, 7) is 4.93. The van der Waals surface area contributed by atoms with E-state index in [0.717, 1.165) is 25.1 Å². The molecule has 4 heteroatoms. The number of nitriles is 1. The Kier molecular flexibility index (Phi) is 2.81. The first-order chi connectivity index (χ1) is 5.83. The third-order valence-corrected chi connectivity index (χ3v) is 1.71. The molecule has 0 saturated heterocycles. The predicted octanol–water partition coefficient (Wildman–Crippen LogP) is 1.12. The van der Waals surface area contributed by atoms with E-state index in [4.69, 9.17) is 5.26 Å². The summed E-state index contributed by atoms with van der Waals surface area (Å²) in [6, 6.07) is 2.03. The highest BCUT2D eigenvalue weighted by Crippen LogP contribution is 2.05. The molecule has 0 radical (unpaired) electrons. The first kappa shape index (κ1) is 8.72. The minimum atomic E-state index is 0.464. The average Bonchev–Trinajstić information content (AvgIpc) is 2.47. The van der Waals surface area contributed by atoms with E-state index in [0.29, 0.717) is 5.69 Å². The standard InChI is InChI=1S/C8H12N4/c1-3-5-12-8(4-2)7(6-9)10-11-12/h3-5H2,1-2H3. The van der Waals surface area contributed by atoms with Gasteiger partial charge in [0.15, 0.2) is 5.69 Å². The zero-order chi connectivity index (χ0) is 8.97. The number of aromatic nitrogens is 3. The third kappa shape index (κ3) is 1.45. The quantitative estimate of drug-likeness (QED) is 0.672. The molecule has 1 aromatic heterocycles. The molecule has 0 amide bonds. The fourth-order valence-corrected chi connectivity index (χ4v) is 1.16. The van der Waals surface area contributed by atoms with Crippen LogP contribution in [0.5, 0.6) is 0 Å². The van der Waals surface area contributed by atoms with E-state index in [1.807, 2.05) is 13.0 Å². The minimum absolute atomic E-state index is 0.464. The summed E-state index contributed by atoms with van der Waals surface area (Å²) in [7, 11) is 0. The lowest BCUT2D eigenvalue weighted by atomic mass is 10.2. The van der Waals surface area contributed by atoms with Gasteiger partial charge in [0.1, 0.15) is 6.07 Å². The molecule has 0 saturated carbocycles. The lowest BCUT2D eigenvalue weighted by Crippen LogP contribution is -2.04. The van der Waals surface area contributed by atoms with Crippen molar-refractivity contribution < 1.29 is 0 Å². The van der Waals surface area contributed by atoms with Gasteiger partial charge in [-0.2, -0.15) is 5.26 Å². The van der Waals surface area contributed by atoms with Gasteiger partial charge < -0.3 is 0 Å². The van der Waals surface area contributed by atoms with Crippen molar-refractivity contribution in [3.8, 4) is 6.07 Å². The molecular weight excluding hydrogens is 152 g/mol. The molecule has 0 aliphatic heterocycles. The summed E-state index contributed by atoms with van der Waals surface area (Å²) < 4.78 is 1.80. The number of hydrogen-bond donors (Lipinski definition) is 0. The maximum Gasteiger partial charge on any atom is 0.185 e. The summed E-state index contributed by atoms with van der Waals surface area (Å²) in [5, 5.41) is 16.3. The normalized spacial score (nSPS) is 9.75. The van der Waals surface area contributed by atoms with E-state index in [-0.39, 0.29) is 0 Å². The fraction of sp³-hybridized carbons (Fsp3) is 0.625. The highest BCUT2D eigenvalue weighted by Gasteiger charge is 2.08. The maximum atomic E-state index is 8.67.